The third kappa shape index (κ3) is 3.05. The fourth-order valence-corrected chi connectivity index (χ4v) is 1.25. The zero-order chi connectivity index (χ0) is 11.4. The number of rotatable bonds is 4. The Hall–Kier alpha value is -1.91. The summed E-state index contributed by atoms with van der Waals surface area (Å²) in [5, 5.41) is 17.3. The van der Waals surface area contributed by atoms with Crippen molar-refractivity contribution in [2.75, 3.05) is 0 Å². The molecule has 0 aliphatic heterocycles. The lowest BCUT2D eigenvalue weighted by Gasteiger charge is -2.09. The van der Waals surface area contributed by atoms with Crippen LogP contribution in [0.15, 0.2) is 24.3 Å². The highest BCUT2D eigenvalue weighted by atomic mass is 19.1. The predicted octanol–water partition coefficient (Wildman–Crippen LogP) is 1.47. The summed E-state index contributed by atoms with van der Waals surface area (Å²) in [5.74, 6) is -4.29. The summed E-state index contributed by atoms with van der Waals surface area (Å²) < 4.78 is 12.8. The summed E-state index contributed by atoms with van der Waals surface area (Å²) in [6.45, 7) is 0. The summed E-state index contributed by atoms with van der Waals surface area (Å²) in [5.41, 5.74) is 0.157. The molecule has 80 valence electrons. The molecular weight excluding hydrogens is 203 g/mol. The molecule has 0 aromatic heterocycles. The normalized spacial score (nSPS) is 12.1. The third-order valence-electron chi connectivity index (χ3n) is 1.93. The lowest BCUT2D eigenvalue weighted by molar-refractivity contribution is -0.145. The first-order chi connectivity index (χ1) is 7.00. The van der Waals surface area contributed by atoms with Gasteiger partial charge in [0.25, 0.3) is 0 Å². The Bertz CT molecular complexity index is 389. The van der Waals surface area contributed by atoms with Crippen molar-refractivity contribution in [3.8, 4) is 0 Å². The van der Waals surface area contributed by atoms with E-state index in [9.17, 15) is 14.0 Å². The number of hydrogen-bond acceptors (Lipinski definition) is 2. The van der Waals surface area contributed by atoms with Crippen molar-refractivity contribution in [2.24, 2.45) is 0 Å². The molecule has 1 rings (SSSR count). The molecule has 0 saturated heterocycles. The van der Waals surface area contributed by atoms with Crippen molar-refractivity contribution in [2.45, 2.75) is 12.3 Å². The maximum atomic E-state index is 12.8. The largest absolute Gasteiger partial charge is 0.481 e. The second kappa shape index (κ2) is 4.54. The minimum absolute atomic E-state index is 0.157. The van der Waals surface area contributed by atoms with Gasteiger partial charge in [-0.2, -0.15) is 0 Å². The Morgan fingerprint density at radius 1 is 1.33 bits per heavy atom. The topological polar surface area (TPSA) is 74.6 Å². The van der Waals surface area contributed by atoms with E-state index >= 15 is 0 Å². The first-order valence-electron chi connectivity index (χ1n) is 4.20. The van der Waals surface area contributed by atoms with Crippen LogP contribution in [0.1, 0.15) is 17.9 Å². The number of carboxylic acids is 2. The van der Waals surface area contributed by atoms with E-state index in [4.69, 9.17) is 10.2 Å². The number of halogens is 1. The lowest BCUT2D eigenvalue weighted by Crippen LogP contribution is -2.15. The minimum Gasteiger partial charge on any atom is -0.481 e. The van der Waals surface area contributed by atoms with E-state index in [1.807, 2.05) is 0 Å². The van der Waals surface area contributed by atoms with E-state index < -0.39 is 30.1 Å². The van der Waals surface area contributed by atoms with Gasteiger partial charge in [-0.3, -0.25) is 9.59 Å². The van der Waals surface area contributed by atoms with Gasteiger partial charge in [-0.25, -0.2) is 4.39 Å². The smallest absolute Gasteiger partial charge is 0.311 e. The van der Waals surface area contributed by atoms with Gasteiger partial charge >= 0.3 is 11.9 Å². The van der Waals surface area contributed by atoms with Gasteiger partial charge in [0.1, 0.15) is 5.82 Å². The van der Waals surface area contributed by atoms with E-state index in [2.05, 4.69) is 0 Å². The summed E-state index contributed by atoms with van der Waals surface area (Å²) in [6, 6.07) is 4.94. The van der Waals surface area contributed by atoms with Crippen molar-refractivity contribution in [1.82, 2.24) is 0 Å². The van der Waals surface area contributed by atoms with Crippen LogP contribution in [0.2, 0.25) is 0 Å². The second-order valence-electron chi connectivity index (χ2n) is 3.04. The molecule has 0 fully saturated rings. The third-order valence-corrected chi connectivity index (χ3v) is 1.93. The van der Waals surface area contributed by atoms with Gasteiger partial charge in [0.05, 0.1) is 12.3 Å². The summed E-state index contributed by atoms with van der Waals surface area (Å²) >= 11 is 0. The molecule has 15 heavy (non-hydrogen) atoms. The molecule has 0 amide bonds. The van der Waals surface area contributed by atoms with E-state index in [1.165, 1.54) is 18.2 Å². The zero-order valence-corrected chi connectivity index (χ0v) is 7.68. The molecule has 0 spiro atoms. The highest BCUT2D eigenvalue weighted by molar-refractivity contribution is 5.82. The van der Waals surface area contributed by atoms with Gasteiger partial charge < -0.3 is 10.2 Å². The van der Waals surface area contributed by atoms with Crippen LogP contribution in [0, 0.1) is 5.82 Å². The SMILES string of the molecule is O=C(O)C[C@@H](C(=O)O)c1cccc(F)c1. The molecule has 0 saturated carbocycles. The maximum absolute atomic E-state index is 12.8. The van der Waals surface area contributed by atoms with Crippen molar-refractivity contribution in [1.29, 1.82) is 0 Å². The van der Waals surface area contributed by atoms with E-state index in [0.717, 1.165) is 6.07 Å². The second-order valence-corrected chi connectivity index (χ2v) is 3.04. The highest BCUT2D eigenvalue weighted by Gasteiger charge is 2.23. The average Bonchev–Trinajstić information content (AvgIpc) is 2.13. The van der Waals surface area contributed by atoms with Crippen molar-refractivity contribution in [3.05, 3.63) is 35.6 Å². The van der Waals surface area contributed by atoms with Crippen LogP contribution in [0.5, 0.6) is 0 Å². The quantitative estimate of drug-likeness (QED) is 0.792. The van der Waals surface area contributed by atoms with Crippen LogP contribution in [-0.2, 0) is 9.59 Å². The van der Waals surface area contributed by atoms with Gasteiger partial charge in [-0.15, -0.1) is 0 Å². The lowest BCUT2D eigenvalue weighted by atomic mass is 9.96. The molecule has 0 aliphatic rings. The van der Waals surface area contributed by atoms with Crippen LogP contribution >= 0.6 is 0 Å². The van der Waals surface area contributed by atoms with Crippen LogP contribution in [0.25, 0.3) is 0 Å². The number of carboxylic acid groups (broad SMARTS) is 2. The summed E-state index contributed by atoms with van der Waals surface area (Å²) in [7, 11) is 0. The van der Waals surface area contributed by atoms with Crippen molar-refractivity contribution in [3.63, 3.8) is 0 Å². The molecule has 0 aliphatic carbocycles. The molecule has 1 aromatic carbocycles. The zero-order valence-electron chi connectivity index (χ0n) is 7.68. The Balaban J connectivity index is 2.98. The summed E-state index contributed by atoms with van der Waals surface area (Å²) in [4.78, 5) is 21.2. The summed E-state index contributed by atoms with van der Waals surface area (Å²) in [6.07, 6.45) is -0.557. The predicted molar refractivity (Wildman–Crippen MR) is 49.0 cm³/mol. The average molecular weight is 212 g/mol. The van der Waals surface area contributed by atoms with E-state index in [0.29, 0.717) is 0 Å². The first-order valence-corrected chi connectivity index (χ1v) is 4.20. The van der Waals surface area contributed by atoms with Crippen LogP contribution in [0.3, 0.4) is 0 Å². The molecule has 0 heterocycles. The minimum atomic E-state index is -1.27. The van der Waals surface area contributed by atoms with Crippen LogP contribution in [-0.4, -0.2) is 22.2 Å². The molecule has 0 bridgehead atoms. The number of carbonyl (C=O) groups is 2. The fourth-order valence-electron chi connectivity index (χ4n) is 1.25. The monoisotopic (exact) mass is 212 g/mol. The van der Waals surface area contributed by atoms with Gasteiger partial charge in [0.15, 0.2) is 0 Å². The van der Waals surface area contributed by atoms with Crippen molar-refractivity contribution < 1.29 is 24.2 Å². The Kier molecular flexibility index (Phi) is 3.38. The Labute approximate surface area is 85.0 Å². The number of benzene rings is 1. The molecule has 1 atom stereocenters. The van der Waals surface area contributed by atoms with Crippen molar-refractivity contribution >= 4 is 11.9 Å². The number of hydrogen-bond donors (Lipinski definition) is 2. The van der Waals surface area contributed by atoms with Crippen LogP contribution < -0.4 is 0 Å². The van der Waals surface area contributed by atoms with Gasteiger partial charge in [-0.1, -0.05) is 12.1 Å². The fraction of sp³-hybridized carbons (Fsp3) is 0.200. The van der Waals surface area contributed by atoms with Gasteiger partial charge in [0.2, 0.25) is 0 Å². The van der Waals surface area contributed by atoms with E-state index in [1.54, 1.807) is 0 Å². The molecular formula is C10H9FO4. The molecule has 1 aromatic rings. The molecule has 4 nitrogen and oxygen atoms in total. The first kappa shape index (κ1) is 11.2. The van der Waals surface area contributed by atoms with Gasteiger partial charge in [-0.05, 0) is 17.7 Å². The number of aliphatic carboxylic acids is 2. The van der Waals surface area contributed by atoms with E-state index in [-0.39, 0.29) is 5.56 Å². The molecule has 2 N–H and O–H groups in total. The molecule has 5 heteroatoms. The Morgan fingerprint density at radius 3 is 2.47 bits per heavy atom. The maximum Gasteiger partial charge on any atom is 0.311 e. The van der Waals surface area contributed by atoms with Crippen LogP contribution in [0.4, 0.5) is 4.39 Å². The highest BCUT2D eigenvalue weighted by Crippen LogP contribution is 2.20. The molecule has 0 unspecified atom stereocenters. The standard InChI is InChI=1S/C10H9FO4/c11-7-3-1-2-6(4-7)8(10(14)15)5-9(12)13/h1-4,8H,5H2,(H,12,13)(H,14,15)/t8-/m1/s1. The Morgan fingerprint density at radius 2 is 2.00 bits per heavy atom. The molecule has 0 radical (unpaired) electrons. The van der Waals surface area contributed by atoms with Gasteiger partial charge in [0, 0.05) is 0 Å².